The number of benzene rings is 1. The fourth-order valence-corrected chi connectivity index (χ4v) is 2.58. The van der Waals surface area contributed by atoms with E-state index in [-0.39, 0.29) is 17.7 Å². The minimum atomic E-state index is -0.805. The molecule has 2 rings (SSSR count). The Balaban J connectivity index is 2.00. The number of ether oxygens (including phenoxy) is 1. The molecule has 0 unspecified atom stereocenters. The Labute approximate surface area is 117 Å². The molecule has 1 fully saturated rings. The lowest BCUT2D eigenvalue weighted by Gasteiger charge is -2.13. The van der Waals surface area contributed by atoms with Crippen LogP contribution in [0.4, 0.5) is 5.69 Å². The monoisotopic (exact) mass is 277 g/mol. The lowest BCUT2D eigenvalue weighted by atomic mass is 10.0. The van der Waals surface area contributed by atoms with Crippen LogP contribution in [0.3, 0.4) is 0 Å². The Morgan fingerprint density at radius 1 is 1.30 bits per heavy atom. The summed E-state index contributed by atoms with van der Waals surface area (Å²) in [6, 6.07) is 5.44. The van der Waals surface area contributed by atoms with Gasteiger partial charge >= 0.3 is 5.97 Å². The summed E-state index contributed by atoms with van der Waals surface area (Å²) >= 11 is 0. The number of carboxylic acid groups (broad SMARTS) is 1. The number of carbonyl (C=O) groups excluding carboxylic acids is 1. The lowest BCUT2D eigenvalue weighted by molar-refractivity contribution is -0.141. The Morgan fingerprint density at radius 3 is 2.55 bits per heavy atom. The van der Waals surface area contributed by atoms with Crippen molar-refractivity contribution in [1.82, 2.24) is 0 Å². The predicted octanol–water partition coefficient (Wildman–Crippen LogP) is 2.44. The Hall–Kier alpha value is -2.04. The van der Waals surface area contributed by atoms with E-state index >= 15 is 0 Å². The second kappa shape index (κ2) is 5.94. The largest absolute Gasteiger partial charge is 0.497 e. The maximum Gasteiger partial charge on any atom is 0.306 e. The van der Waals surface area contributed by atoms with E-state index in [9.17, 15) is 9.59 Å². The van der Waals surface area contributed by atoms with Gasteiger partial charge in [0.2, 0.25) is 5.91 Å². The molecule has 5 nitrogen and oxygen atoms in total. The van der Waals surface area contributed by atoms with Crippen LogP contribution in [0.2, 0.25) is 0 Å². The van der Waals surface area contributed by atoms with Gasteiger partial charge in [0.05, 0.1) is 13.0 Å². The second-order valence-corrected chi connectivity index (χ2v) is 5.22. The molecule has 5 heteroatoms. The predicted molar refractivity (Wildman–Crippen MR) is 74.8 cm³/mol. The zero-order valence-electron chi connectivity index (χ0n) is 11.7. The number of hydrogen-bond acceptors (Lipinski definition) is 3. The van der Waals surface area contributed by atoms with E-state index < -0.39 is 5.97 Å². The normalized spacial score (nSPS) is 21.5. The van der Waals surface area contributed by atoms with E-state index in [1.807, 2.05) is 13.0 Å². The number of methoxy groups -OCH3 is 1. The Kier molecular flexibility index (Phi) is 4.27. The molecule has 0 saturated heterocycles. The molecule has 1 aromatic carbocycles. The number of amides is 1. The summed E-state index contributed by atoms with van der Waals surface area (Å²) in [4.78, 5) is 23.1. The minimum absolute atomic E-state index is 0.0954. The molecule has 0 aromatic heterocycles. The van der Waals surface area contributed by atoms with Crippen LogP contribution >= 0.6 is 0 Å². The smallest absolute Gasteiger partial charge is 0.306 e. The highest BCUT2D eigenvalue weighted by molar-refractivity contribution is 5.94. The van der Waals surface area contributed by atoms with Crippen molar-refractivity contribution in [3.8, 4) is 5.75 Å². The van der Waals surface area contributed by atoms with Crippen LogP contribution in [-0.2, 0) is 9.59 Å². The molecule has 0 heterocycles. The van der Waals surface area contributed by atoms with Crippen molar-refractivity contribution in [3.05, 3.63) is 23.8 Å². The first-order chi connectivity index (χ1) is 9.51. The van der Waals surface area contributed by atoms with Crippen molar-refractivity contribution in [2.45, 2.75) is 26.2 Å². The number of carbonyl (C=O) groups is 2. The van der Waals surface area contributed by atoms with Crippen molar-refractivity contribution in [2.75, 3.05) is 12.4 Å². The standard InChI is InChI=1S/C15H19NO4/c1-9-7-12(20-2)5-6-13(9)16-14(17)10-3-4-11(8-10)15(18)19/h5-7,10-11H,3-4,8H2,1-2H3,(H,16,17)(H,18,19)/t10-,11+/m1/s1. The average Bonchev–Trinajstić information content (AvgIpc) is 2.91. The van der Waals surface area contributed by atoms with Crippen molar-refractivity contribution in [3.63, 3.8) is 0 Å². The summed E-state index contributed by atoms with van der Waals surface area (Å²) in [6.07, 6.45) is 1.64. The van der Waals surface area contributed by atoms with E-state index in [0.717, 1.165) is 17.0 Å². The zero-order valence-corrected chi connectivity index (χ0v) is 11.7. The SMILES string of the molecule is COc1ccc(NC(=O)[C@@H]2CC[C@H](C(=O)O)C2)c(C)c1. The number of carboxylic acids is 1. The van der Waals surface area contributed by atoms with E-state index in [1.54, 1.807) is 19.2 Å². The van der Waals surface area contributed by atoms with Gasteiger partial charge in [0, 0.05) is 11.6 Å². The van der Waals surface area contributed by atoms with E-state index in [2.05, 4.69) is 5.32 Å². The van der Waals surface area contributed by atoms with E-state index in [0.29, 0.717) is 19.3 Å². The first-order valence-corrected chi connectivity index (χ1v) is 6.69. The quantitative estimate of drug-likeness (QED) is 0.886. The fraction of sp³-hybridized carbons (Fsp3) is 0.467. The van der Waals surface area contributed by atoms with Gasteiger partial charge < -0.3 is 15.2 Å². The second-order valence-electron chi connectivity index (χ2n) is 5.22. The molecule has 0 radical (unpaired) electrons. The van der Waals surface area contributed by atoms with E-state index in [4.69, 9.17) is 9.84 Å². The summed E-state index contributed by atoms with van der Waals surface area (Å²) in [5.41, 5.74) is 1.67. The molecular formula is C15H19NO4. The van der Waals surface area contributed by atoms with Gasteiger partial charge in [0.25, 0.3) is 0 Å². The molecule has 108 valence electrons. The van der Waals surface area contributed by atoms with Crippen molar-refractivity contribution >= 4 is 17.6 Å². The third kappa shape index (κ3) is 3.10. The first-order valence-electron chi connectivity index (χ1n) is 6.69. The summed E-state index contributed by atoms with van der Waals surface area (Å²) in [5, 5.41) is 11.8. The third-order valence-electron chi connectivity index (χ3n) is 3.84. The van der Waals surface area contributed by atoms with Gasteiger partial charge in [-0.1, -0.05) is 0 Å². The number of rotatable bonds is 4. The number of nitrogens with one attached hydrogen (secondary N) is 1. The van der Waals surface area contributed by atoms with Crippen LogP contribution in [0.5, 0.6) is 5.75 Å². The molecule has 20 heavy (non-hydrogen) atoms. The van der Waals surface area contributed by atoms with Gasteiger partial charge in [0.15, 0.2) is 0 Å². The molecule has 1 aliphatic rings. The molecule has 1 saturated carbocycles. The number of aliphatic carboxylic acids is 1. The summed E-state index contributed by atoms with van der Waals surface area (Å²) < 4.78 is 5.12. The molecule has 1 aliphatic carbocycles. The van der Waals surface area contributed by atoms with Gasteiger partial charge in [-0.05, 0) is 49.9 Å². The summed E-state index contributed by atoms with van der Waals surface area (Å²) in [7, 11) is 1.59. The van der Waals surface area contributed by atoms with Gasteiger partial charge in [0.1, 0.15) is 5.75 Å². The van der Waals surface area contributed by atoms with Crippen LogP contribution in [-0.4, -0.2) is 24.1 Å². The molecule has 0 spiro atoms. The van der Waals surface area contributed by atoms with Crippen LogP contribution in [0, 0.1) is 18.8 Å². The van der Waals surface area contributed by atoms with Crippen LogP contribution in [0.1, 0.15) is 24.8 Å². The fourth-order valence-electron chi connectivity index (χ4n) is 2.58. The molecule has 1 amide bonds. The zero-order chi connectivity index (χ0) is 14.7. The lowest BCUT2D eigenvalue weighted by Crippen LogP contribution is -2.22. The van der Waals surface area contributed by atoms with Gasteiger partial charge in [-0.25, -0.2) is 0 Å². The molecule has 2 atom stereocenters. The van der Waals surface area contributed by atoms with Gasteiger partial charge in [-0.15, -0.1) is 0 Å². The van der Waals surface area contributed by atoms with Crippen molar-refractivity contribution < 1.29 is 19.4 Å². The molecular weight excluding hydrogens is 258 g/mol. The minimum Gasteiger partial charge on any atom is -0.497 e. The topological polar surface area (TPSA) is 75.6 Å². The molecule has 1 aromatic rings. The van der Waals surface area contributed by atoms with Crippen LogP contribution in [0.15, 0.2) is 18.2 Å². The van der Waals surface area contributed by atoms with Crippen LogP contribution in [0.25, 0.3) is 0 Å². The number of anilines is 1. The summed E-state index contributed by atoms with van der Waals surface area (Å²) in [6.45, 7) is 1.90. The van der Waals surface area contributed by atoms with Gasteiger partial charge in [-0.3, -0.25) is 9.59 Å². The molecule has 2 N–H and O–H groups in total. The highest BCUT2D eigenvalue weighted by atomic mass is 16.5. The number of hydrogen-bond donors (Lipinski definition) is 2. The van der Waals surface area contributed by atoms with Crippen molar-refractivity contribution in [2.24, 2.45) is 11.8 Å². The Morgan fingerprint density at radius 2 is 2.00 bits per heavy atom. The molecule has 0 bridgehead atoms. The number of aryl methyl sites for hydroxylation is 1. The average molecular weight is 277 g/mol. The maximum atomic E-state index is 12.2. The van der Waals surface area contributed by atoms with Crippen molar-refractivity contribution in [1.29, 1.82) is 0 Å². The summed E-state index contributed by atoms with van der Waals surface area (Å²) in [5.74, 6) is -0.754. The third-order valence-corrected chi connectivity index (χ3v) is 3.84. The van der Waals surface area contributed by atoms with E-state index in [1.165, 1.54) is 0 Å². The highest BCUT2D eigenvalue weighted by Crippen LogP contribution is 2.32. The van der Waals surface area contributed by atoms with Crippen LogP contribution < -0.4 is 10.1 Å². The Bertz CT molecular complexity index is 527. The first kappa shape index (κ1) is 14.4. The maximum absolute atomic E-state index is 12.2. The van der Waals surface area contributed by atoms with Gasteiger partial charge in [-0.2, -0.15) is 0 Å². The highest BCUT2D eigenvalue weighted by Gasteiger charge is 2.33. The molecule has 0 aliphatic heterocycles.